The van der Waals surface area contributed by atoms with Gasteiger partial charge in [-0.2, -0.15) is 0 Å². The molecule has 120 valence electrons. The lowest BCUT2D eigenvalue weighted by molar-refractivity contribution is -0.114. The molecule has 0 aromatic heterocycles. The zero-order chi connectivity index (χ0) is 16.9. The molecule has 0 aliphatic rings. The molecular formula is C20H17NO3. The van der Waals surface area contributed by atoms with E-state index in [-0.39, 0.29) is 12.5 Å². The van der Waals surface area contributed by atoms with E-state index in [0.717, 1.165) is 16.3 Å². The van der Waals surface area contributed by atoms with Crippen molar-refractivity contribution in [1.82, 2.24) is 0 Å². The van der Waals surface area contributed by atoms with E-state index in [1.54, 1.807) is 24.3 Å². The monoisotopic (exact) mass is 319 g/mol. The number of ether oxygens (including phenoxy) is 1. The highest BCUT2D eigenvalue weighted by molar-refractivity contribution is 6.00. The summed E-state index contributed by atoms with van der Waals surface area (Å²) < 4.78 is 5.45. The molecule has 0 heterocycles. The average molecular weight is 319 g/mol. The van der Waals surface area contributed by atoms with Crippen LogP contribution >= 0.6 is 0 Å². The molecule has 3 aromatic carbocycles. The summed E-state index contributed by atoms with van der Waals surface area (Å²) >= 11 is 0. The molecule has 0 aliphatic carbocycles. The Balaban J connectivity index is 1.80. The van der Waals surface area contributed by atoms with Crippen molar-refractivity contribution in [2.45, 2.75) is 13.5 Å². The number of esters is 1. The lowest BCUT2D eigenvalue weighted by Gasteiger charge is -2.11. The number of rotatable bonds is 4. The summed E-state index contributed by atoms with van der Waals surface area (Å²) in [6.45, 7) is 1.58. The van der Waals surface area contributed by atoms with Crippen LogP contribution in [0.3, 0.4) is 0 Å². The Morgan fingerprint density at radius 1 is 0.917 bits per heavy atom. The first-order valence-corrected chi connectivity index (χ1v) is 7.65. The van der Waals surface area contributed by atoms with Gasteiger partial charge in [0.25, 0.3) is 0 Å². The third-order valence-electron chi connectivity index (χ3n) is 3.70. The Bertz CT molecular complexity index is 897. The van der Waals surface area contributed by atoms with Crippen LogP contribution in [0.25, 0.3) is 10.8 Å². The van der Waals surface area contributed by atoms with E-state index in [9.17, 15) is 9.59 Å². The van der Waals surface area contributed by atoms with Crippen molar-refractivity contribution in [1.29, 1.82) is 0 Å². The van der Waals surface area contributed by atoms with E-state index >= 15 is 0 Å². The number of carbonyl (C=O) groups excluding carboxylic acids is 2. The van der Waals surface area contributed by atoms with Crippen LogP contribution in [0.2, 0.25) is 0 Å². The van der Waals surface area contributed by atoms with Crippen molar-refractivity contribution >= 4 is 28.3 Å². The maximum absolute atomic E-state index is 12.4. The fraction of sp³-hybridized carbons (Fsp3) is 0.100. The van der Waals surface area contributed by atoms with Gasteiger partial charge in [-0.1, -0.05) is 54.6 Å². The van der Waals surface area contributed by atoms with Crippen molar-refractivity contribution < 1.29 is 14.3 Å². The normalized spacial score (nSPS) is 10.4. The molecule has 0 fully saturated rings. The van der Waals surface area contributed by atoms with Crippen molar-refractivity contribution in [3.8, 4) is 0 Å². The number of anilines is 1. The van der Waals surface area contributed by atoms with E-state index in [2.05, 4.69) is 5.32 Å². The maximum Gasteiger partial charge on any atom is 0.340 e. The number of fused-ring (bicyclic) bond motifs is 1. The van der Waals surface area contributed by atoms with Gasteiger partial charge in [0.2, 0.25) is 5.91 Å². The van der Waals surface area contributed by atoms with Gasteiger partial charge in [-0.15, -0.1) is 0 Å². The molecule has 4 nitrogen and oxygen atoms in total. The van der Waals surface area contributed by atoms with Crippen molar-refractivity contribution in [2.24, 2.45) is 0 Å². The summed E-state index contributed by atoms with van der Waals surface area (Å²) in [6, 6.07) is 20.7. The number of nitrogens with one attached hydrogen (secondary N) is 1. The zero-order valence-corrected chi connectivity index (χ0v) is 13.3. The van der Waals surface area contributed by atoms with E-state index < -0.39 is 5.97 Å². The fourth-order valence-corrected chi connectivity index (χ4v) is 2.60. The van der Waals surface area contributed by atoms with Gasteiger partial charge in [-0.3, -0.25) is 4.79 Å². The van der Waals surface area contributed by atoms with Crippen LogP contribution in [0.15, 0.2) is 66.7 Å². The van der Waals surface area contributed by atoms with Crippen LogP contribution in [0.1, 0.15) is 22.8 Å². The smallest absolute Gasteiger partial charge is 0.340 e. The van der Waals surface area contributed by atoms with Crippen LogP contribution in [0, 0.1) is 0 Å². The number of para-hydroxylation sites is 1. The topological polar surface area (TPSA) is 55.4 Å². The van der Waals surface area contributed by atoms with Gasteiger partial charge in [-0.05, 0) is 28.5 Å². The predicted molar refractivity (Wildman–Crippen MR) is 93.8 cm³/mol. The molecule has 0 radical (unpaired) electrons. The minimum absolute atomic E-state index is 0.175. The molecule has 0 bridgehead atoms. The summed E-state index contributed by atoms with van der Waals surface area (Å²) in [6.07, 6.45) is 0. The molecule has 0 atom stereocenters. The standard InChI is InChI=1S/C20H17NO3/c1-14(22)21-19-12-5-4-11-18(19)20(23)24-13-16-9-6-8-15-7-2-3-10-17(15)16/h2-12H,13H2,1H3,(H,21,22). The summed E-state index contributed by atoms with van der Waals surface area (Å²) in [7, 11) is 0. The van der Waals surface area contributed by atoms with Crippen LogP contribution in [0.5, 0.6) is 0 Å². The van der Waals surface area contributed by atoms with Gasteiger partial charge in [0.1, 0.15) is 6.61 Å². The Morgan fingerprint density at radius 3 is 2.46 bits per heavy atom. The summed E-state index contributed by atoms with van der Waals surface area (Å²) in [5.41, 5.74) is 1.74. The second kappa shape index (κ2) is 6.96. The molecule has 0 saturated heterocycles. The van der Waals surface area contributed by atoms with Gasteiger partial charge >= 0.3 is 5.97 Å². The SMILES string of the molecule is CC(=O)Nc1ccccc1C(=O)OCc1cccc2ccccc12. The average Bonchev–Trinajstić information content (AvgIpc) is 2.59. The largest absolute Gasteiger partial charge is 0.457 e. The van der Waals surface area contributed by atoms with Crippen LogP contribution in [-0.4, -0.2) is 11.9 Å². The van der Waals surface area contributed by atoms with E-state index in [1.807, 2.05) is 42.5 Å². The minimum atomic E-state index is -0.465. The second-order valence-electron chi connectivity index (χ2n) is 5.44. The maximum atomic E-state index is 12.4. The Kier molecular flexibility index (Phi) is 4.57. The van der Waals surface area contributed by atoms with Gasteiger partial charge in [0.15, 0.2) is 0 Å². The third kappa shape index (κ3) is 3.43. The number of hydrogen-bond donors (Lipinski definition) is 1. The molecule has 1 N–H and O–H groups in total. The quantitative estimate of drug-likeness (QED) is 0.735. The van der Waals surface area contributed by atoms with Crippen LogP contribution in [0.4, 0.5) is 5.69 Å². The van der Waals surface area contributed by atoms with E-state index in [1.165, 1.54) is 6.92 Å². The minimum Gasteiger partial charge on any atom is -0.457 e. The Labute approximate surface area is 140 Å². The number of amides is 1. The van der Waals surface area contributed by atoms with Gasteiger partial charge in [0.05, 0.1) is 11.3 Å². The first-order valence-electron chi connectivity index (χ1n) is 7.65. The Morgan fingerprint density at radius 2 is 1.62 bits per heavy atom. The van der Waals surface area contributed by atoms with Crippen LogP contribution < -0.4 is 5.32 Å². The highest BCUT2D eigenvalue weighted by Crippen LogP contribution is 2.21. The second-order valence-corrected chi connectivity index (χ2v) is 5.44. The Hall–Kier alpha value is -3.14. The fourth-order valence-electron chi connectivity index (χ4n) is 2.60. The third-order valence-corrected chi connectivity index (χ3v) is 3.70. The van der Waals surface area contributed by atoms with E-state index in [0.29, 0.717) is 11.3 Å². The summed E-state index contributed by atoms with van der Waals surface area (Å²) in [5.74, 6) is -0.698. The first-order chi connectivity index (χ1) is 11.6. The van der Waals surface area contributed by atoms with Crippen LogP contribution in [-0.2, 0) is 16.1 Å². The molecule has 3 rings (SSSR count). The predicted octanol–water partition coefficient (Wildman–Crippen LogP) is 4.16. The highest BCUT2D eigenvalue weighted by Gasteiger charge is 2.13. The number of carbonyl (C=O) groups is 2. The van der Waals surface area contributed by atoms with Gasteiger partial charge < -0.3 is 10.1 Å². The highest BCUT2D eigenvalue weighted by atomic mass is 16.5. The molecule has 1 amide bonds. The van der Waals surface area contributed by atoms with Crippen molar-refractivity contribution in [2.75, 3.05) is 5.32 Å². The molecule has 24 heavy (non-hydrogen) atoms. The zero-order valence-electron chi connectivity index (χ0n) is 13.3. The van der Waals surface area contributed by atoms with Gasteiger partial charge in [0, 0.05) is 6.92 Å². The van der Waals surface area contributed by atoms with Crippen molar-refractivity contribution in [3.63, 3.8) is 0 Å². The summed E-state index contributed by atoms with van der Waals surface area (Å²) in [4.78, 5) is 23.6. The number of hydrogen-bond acceptors (Lipinski definition) is 3. The van der Waals surface area contributed by atoms with Crippen molar-refractivity contribution in [3.05, 3.63) is 77.9 Å². The molecule has 4 heteroatoms. The van der Waals surface area contributed by atoms with Gasteiger partial charge in [-0.25, -0.2) is 4.79 Å². The van der Waals surface area contributed by atoms with E-state index in [4.69, 9.17) is 4.74 Å². The molecule has 0 saturated carbocycles. The molecule has 0 unspecified atom stereocenters. The number of benzene rings is 3. The molecule has 3 aromatic rings. The summed E-state index contributed by atoms with van der Waals surface area (Å²) in [5, 5.41) is 4.80. The first kappa shape index (κ1) is 15.7. The molecule has 0 spiro atoms. The lowest BCUT2D eigenvalue weighted by atomic mass is 10.1. The molecular weight excluding hydrogens is 302 g/mol. The molecule has 0 aliphatic heterocycles. The lowest BCUT2D eigenvalue weighted by Crippen LogP contribution is -2.12.